The first kappa shape index (κ1) is 10.0. The van der Waals surface area contributed by atoms with Crippen LogP contribution in [0.25, 0.3) is 0 Å². The molecule has 1 N–H and O–H groups in total. The maximum atomic E-state index is 3.29. The van der Waals surface area contributed by atoms with Crippen LogP contribution in [0.4, 0.5) is 0 Å². The van der Waals surface area contributed by atoms with Gasteiger partial charge in [-0.15, -0.1) is 0 Å². The monoisotopic (exact) mass is 170 g/mol. The van der Waals surface area contributed by atoms with Crippen LogP contribution in [0.2, 0.25) is 0 Å². The van der Waals surface area contributed by atoms with Crippen LogP contribution in [0.1, 0.15) is 26.2 Å². The topological polar surface area (TPSA) is 15.3 Å². The number of nitrogens with zero attached hydrogens (tertiary/aromatic N) is 1. The lowest BCUT2D eigenvalue weighted by molar-refractivity contribution is 0.219. The molecule has 0 aromatic carbocycles. The van der Waals surface area contributed by atoms with Crippen molar-refractivity contribution in [2.24, 2.45) is 5.92 Å². The summed E-state index contributed by atoms with van der Waals surface area (Å²) in [6.07, 6.45) is 4.09. The highest BCUT2D eigenvalue weighted by molar-refractivity contribution is 4.83. The molecule has 0 radical (unpaired) electrons. The van der Waals surface area contributed by atoms with E-state index in [1.165, 1.54) is 32.4 Å². The largest absolute Gasteiger partial charge is 0.319 e. The summed E-state index contributed by atoms with van der Waals surface area (Å²) in [6.45, 7) is 4.77. The highest BCUT2D eigenvalue weighted by Crippen LogP contribution is 2.23. The molecule has 0 aromatic heterocycles. The summed E-state index contributed by atoms with van der Waals surface area (Å²) in [5.41, 5.74) is 0. The van der Waals surface area contributed by atoms with E-state index >= 15 is 0 Å². The van der Waals surface area contributed by atoms with Crippen molar-refractivity contribution in [3.05, 3.63) is 0 Å². The van der Waals surface area contributed by atoms with Crippen LogP contribution < -0.4 is 5.32 Å². The zero-order valence-electron chi connectivity index (χ0n) is 8.64. The van der Waals surface area contributed by atoms with Crippen molar-refractivity contribution in [1.29, 1.82) is 0 Å². The van der Waals surface area contributed by atoms with Gasteiger partial charge in [0, 0.05) is 6.04 Å². The van der Waals surface area contributed by atoms with Gasteiger partial charge in [-0.05, 0) is 45.9 Å². The first-order valence-electron chi connectivity index (χ1n) is 5.14. The Hall–Kier alpha value is -0.0800. The predicted molar refractivity (Wildman–Crippen MR) is 53.4 cm³/mol. The van der Waals surface area contributed by atoms with Crippen LogP contribution in [-0.4, -0.2) is 38.1 Å². The fourth-order valence-corrected chi connectivity index (χ4v) is 2.35. The summed E-state index contributed by atoms with van der Waals surface area (Å²) >= 11 is 0. The number of hydrogen-bond donors (Lipinski definition) is 1. The van der Waals surface area contributed by atoms with Crippen molar-refractivity contribution in [2.45, 2.75) is 32.2 Å². The lowest BCUT2D eigenvalue weighted by Gasteiger charge is -2.28. The van der Waals surface area contributed by atoms with E-state index in [1.807, 2.05) is 0 Å². The third-order valence-corrected chi connectivity index (χ3v) is 3.11. The minimum Gasteiger partial charge on any atom is -0.319 e. The Kier molecular flexibility index (Phi) is 4.02. The molecular weight excluding hydrogens is 148 g/mol. The van der Waals surface area contributed by atoms with Gasteiger partial charge in [0.05, 0.1) is 0 Å². The Morgan fingerprint density at radius 3 is 2.75 bits per heavy atom. The summed E-state index contributed by atoms with van der Waals surface area (Å²) in [5, 5.41) is 3.29. The van der Waals surface area contributed by atoms with Crippen LogP contribution in [0, 0.1) is 5.92 Å². The van der Waals surface area contributed by atoms with Gasteiger partial charge in [0.25, 0.3) is 0 Å². The summed E-state index contributed by atoms with van der Waals surface area (Å²) in [4.78, 5) is 2.52. The van der Waals surface area contributed by atoms with E-state index in [0.717, 1.165) is 12.0 Å². The molecule has 0 spiro atoms. The normalized spacial score (nSPS) is 27.8. The van der Waals surface area contributed by atoms with Crippen LogP contribution in [0.15, 0.2) is 0 Å². The lowest BCUT2D eigenvalue weighted by atomic mass is 9.95. The van der Waals surface area contributed by atoms with Gasteiger partial charge in [-0.25, -0.2) is 0 Å². The summed E-state index contributed by atoms with van der Waals surface area (Å²) < 4.78 is 0. The van der Waals surface area contributed by atoms with Gasteiger partial charge in [-0.2, -0.15) is 0 Å². The molecule has 1 heterocycles. The first-order chi connectivity index (χ1) is 5.79. The van der Waals surface area contributed by atoms with Gasteiger partial charge in [0.2, 0.25) is 0 Å². The molecule has 1 aliphatic heterocycles. The Bertz CT molecular complexity index is 125. The molecule has 1 aliphatic rings. The summed E-state index contributed by atoms with van der Waals surface area (Å²) in [5.74, 6) is 0.850. The standard InChI is InChI=1S/C10H22N2/c1-4-9(8-11-2)10-6-5-7-12(10)3/h9-11H,4-8H2,1-3H3. The van der Waals surface area contributed by atoms with Crippen molar-refractivity contribution < 1.29 is 0 Å². The van der Waals surface area contributed by atoms with Crippen LogP contribution in [0.5, 0.6) is 0 Å². The van der Waals surface area contributed by atoms with E-state index in [-0.39, 0.29) is 0 Å². The van der Waals surface area contributed by atoms with Crippen molar-refractivity contribution in [3.63, 3.8) is 0 Å². The number of hydrogen-bond acceptors (Lipinski definition) is 2. The zero-order valence-corrected chi connectivity index (χ0v) is 8.64. The van der Waals surface area contributed by atoms with Gasteiger partial charge in [0.15, 0.2) is 0 Å². The van der Waals surface area contributed by atoms with E-state index in [2.05, 4.69) is 31.2 Å². The van der Waals surface area contributed by atoms with E-state index in [9.17, 15) is 0 Å². The second kappa shape index (κ2) is 4.83. The van der Waals surface area contributed by atoms with Crippen molar-refractivity contribution in [2.75, 3.05) is 27.2 Å². The maximum Gasteiger partial charge on any atom is 0.0133 e. The van der Waals surface area contributed by atoms with E-state index in [1.54, 1.807) is 0 Å². The smallest absolute Gasteiger partial charge is 0.0133 e. The van der Waals surface area contributed by atoms with Gasteiger partial charge in [-0.1, -0.05) is 13.3 Å². The van der Waals surface area contributed by atoms with Crippen molar-refractivity contribution >= 4 is 0 Å². The maximum absolute atomic E-state index is 3.29. The van der Waals surface area contributed by atoms with E-state index in [0.29, 0.717) is 0 Å². The van der Waals surface area contributed by atoms with Crippen molar-refractivity contribution in [3.8, 4) is 0 Å². The Labute approximate surface area is 76.3 Å². The van der Waals surface area contributed by atoms with Gasteiger partial charge >= 0.3 is 0 Å². The molecule has 0 bridgehead atoms. The van der Waals surface area contributed by atoms with Gasteiger partial charge in [-0.3, -0.25) is 0 Å². The molecule has 0 saturated carbocycles. The average Bonchev–Trinajstić information content (AvgIpc) is 2.47. The Balaban J connectivity index is 2.41. The quantitative estimate of drug-likeness (QED) is 0.684. The third-order valence-electron chi connectivity index (χ3n) is 3.11. The minimum absolute atomic E-state index is 0.836. The predicted octanol–water partition coefficient (Wildman–Crippen LogP) is 1.33. The summed E-state index contributed by atoms with van der Waals surface area (Å²) in [7, 11) is 4.31. The van der Waals surface area contributed by atoms with E-state index < -0.39 is 0 Å². The molecule has 1 rings (SSSR count). The van der Waals surface area contributed by atoms with Gasteiger partial charge in [0.1, 0.15) is 0 Å². The first-order valence-corrected chi connectivity index (χ1v) is 5.14. The van der Waals surface area contributed by atoms with E-state index in [4.69, 9.17) is 0 Å². The van der Waals surface area contributed by atoms with Crippen molar-refractivity contribution in [1.82, 2.24) is 10.2 Å². The lowest BCUT2D eigenvalue weighted by Crippen LogP contribution is -2.37. The highest BCUT2D eigenvalue weighted by atomic mass is 15.2. The number of nitrogens with one attached hydrogen (secondary N) is 1. The Morgan fingerprint density at radius 1 is 1.58 bits per heavy atom. The van der Waals surface area contributed by atoms with Crippen LogP contribution in [-0.2, 0) is 0 Å². The number of likely N-dealkylation sites (tertiary alicyclic amines) is 1. The molecule has 0 aliphatic carbocycles. The molecule has 12 heavy (non-hydrogen) atoms. The molecule has 72 valence electrons. The minimum atomic E-state index is 0.836. The molecule has 1 saturated heterocycles. The molecule has 0 amide bonds. The molecule has 1 fully saturated rings. The molecule has 0 aromatic rings. The SMILES string of the molecule is CCC(CNC)C1CCCN1C. The summed E-state index contributed by atoms with van der Waals surface area (Å²) in [6, 6.07) is 0.836. The average molecular weight is 170 g/mol. The highest BCUT2D eigenvalue weighted by Gasteiger charge is 2.27. The molecule has 2 unspecified atom stereocenters. The second-order valence-corrected chi connectivity index (χ2v) is 3.92. The molecular formula is C10H22N2. The number of rotatable bonds is 4. The third kappa shape index (κ3) is 2.20. The van der Waals surface area contributed by atoms with Crippen LogP contribution in [0.3, 0.4) is 0 Å². The molecule has 2 atom stereocenters. The van der Waals surface area contributed by atoms with Gasteiger partial charge < -0.3 is 10.2 Å². The Morgan fingerprint density at radius 2 is 2.33 bits per heavy atom. The van der Waals surface area contributed by atoms with Crippen LogP contribution >= 0.6 is 0 Å². The molecule has 2 nitrogen and oxygen atoms in total. The fourth-order valence-electron chi connectivity index (χ4n) is 2.35. The zero-order chi connectivity index (χ0) is 8.97. The fraction of sp³-hybridized carbons (Fsp3) is 1.00. The molecule has 2 heteroatoms. The second-order valence-electron chi connectivity index (χ2n) is 3.92.